The first-order valence-electron chi connectivity index (χ1n) is 3.70. The third-order valence-electron chi connectivity index (χ3n) is 1.61. The summed E-state index contributed by atoms with van der Waals surface area (Å²) >= 11 is 0. The second-order valence-electron chi connectivity index (χ2n) is 2.45. The van der Waals surface area contributed by atoms with Gasteiger partial charge >= 0.3 is 0 Å². The quantitative estimate of drug-likeness (QED) is 0.662. The lowest BCUT2D eigenvalue weighted by Gasteiger charge is -2.01. The van der Waals surface area contributed by atoms with E-state index < -0.39 is 5.91 Å². The number of anilines is 1. The lowest BCUT2D eigenvalue weighted by molar-refractivity contribution is 0.100. The predicted molar refractivity (Wildman–Crippen MR) is 46.5 cm³/mol. The van der Waals surface area contributed by atoms with Crippen molar-refractivity contribution in [3.8, 4) is 0 Å². The van der Waals surface area contributed by atoms with Crippen LogP contribution in [0, 0.1) is 0 Å². The van der Waals surface area contributed by atoms with E-state index in [2.05, 4.69) is 4.98 Å². The Morgan fingerprint density at radius 1 is 1.58 bits per heavy atom. The van der Waals surface area contributed by atoms with Crippen LogP contribution in [0.15, 0.2) is 12.1 Å². The highest BCUT2D eigenvalue weighted by Crippen LogP contribution is 2.08. The summed E-state index contributed by atoms with van der Waals surface area (Å²) < 4.78 is 0. The molecule has 0 saturated heterocycles. The van der Waals surface area contributed by atoms with Crippen LogP contribution in [-0.4, -0.2) is 10.9 Å². The molecule has 64 valence electrons. The van der Waals surface area contributed by atoms with Gasteiger partial charge in [0.15, 0.2) is 0 Å². The number of nitrogens with two attached hydrogens (primary N) is 2. The highest BCUT2D eigenvalue weighted by atomic mass is 16.1. The normalized spacial score (nSPS) is 9.75. The molecule has 0 aliphatic heterocycles. The molecule has 0 unspecified atom stereocenters. The molecule has 0 spiro atoms. The number of aromatic nitrogens is 1. The van der Waals surface area contributed by atoms with Gasteiger partial charge in [-0.15, -0.1) is 0 Å². The van der Waals surface area contributed by atoms with Crippen molar-refractivity contribution in [1.82, 2.24) is 4.98 Å². The first-order valence-corrected chi connectivity index (χ1v) is 3.70. The molecule has 0 saturated carbocycles. The number of hydrogen-bond donors (Lipinski definition) is 2. The van der Waals surface area contributed by atoms with Crippen molar-refractivity contribution in [1.29, 1.82) is 0 Å². The van der Waals surface area contributed by atoms with E-state index in [9.17, 15) is 4.79 Å². The molecule has 0 aromatic carbocycles. The van der Waals surface area contributed by atoms with Crippen molar-refractivity contribution in [2.45, 2.75) is 13.3 Å². The monoisotopic (exact) mass is 165 g/mol. The average Bonchev–Trinajstić information content (AvgIpc) is 2.03. The van der Waals surface area contributed by atoms with Crippen LogP contribution in [0.3, 0.4) is 0 Å². The highest BCUT2D eigenvalue weighted by molar-refractivity contribution is 5.96. The number of pyridine rings is 1. The van der Waals surface area contributed by atoms with Gasteiger partial charge in [0.05, 0.1) is 5.56 Å². The number of primary amides is 1. The third kappa shape index (κ3) is 1.53. The number of nitrogens with zero attached hydrogens (tertiary/aromatic N) is 1. The molecule has 0 radical (unpaired) electrons. The van der Waals surface area contributed by atoms with E-state index in [1.807, 2.05) is 6.92 Å². The molecule has 1 amide bonds. The summed E-state index contributed by atoms with van der Waals surface area (Å²) in [4.78, 5) is 14.7. The van der Waals surface area contributed by atoms with Crippen molar-refractivity contribution >= 4 is 11.7 Å². The van der Waals surface area contributed by atoms with Crippen molar-refractivity contribution in [2.75, 3.05) is 5.73 Å². The molecular weight excluding hydrogens is 154 g/mol. The summed E-state index contributed by atoms with van der Waals surface area (Å²) in [5, 5.41) is 0. The Labute approximate surface area is 70.6 Å². The maximum absolute atomic E-state index is 10.7. The molecule has 4 heteroatoms. The van der Waals surface area contributed by atoms with E-state index >= 15 is 0 Å². The van der Waals surface area contributed by atoms with Crippen LogP contribution in [0.1, 0.15) is 23.0 Å². The zero-order valence-electron chi connectivity index (χ0n) is 6.87. The van der Waals surface area contributed by atoms with Gasteiger partial charge in [0, 0.05) is 5.69 Å². The number of carbonyl (C=O) groups excluding carboxylic acids is 1. The maximum atomic E-state index is 10.7. The SMILES string of the molecule is CCc1ccc(C(N)=O)c(N)n1. The Kier molecular flexibility index (Phi) is 2.28. The third-order valence-corrected chi connectivity index (χ3v) is 1.61. The summed E-state index contributed by atoms with van der Waals surface area (Å²) in [6.45, 7) is 1.96. The fourth-order valence-corrected chi connectivity index (χ4v) is 0.922. The summed E-state index contributed by atoms with van der Waals surface area (Å²) in [7, 11) is 0. The predicted octanol–water partition coefficient (Wildman–Crippen LogP) is 0.325. The summed E-state index contributed by atoms with van der Waals surface area (Å²) in [6, 6.07) is 3.35. The zero-order chi connectivity index (χ0) is 9.14. The van der Waals surface area contributed by atoms with E-state index in [-0.39, 0.29) is 11.4 Å². The molecular formula is C8H11N3O. The molecule has 1 aromatic heterocycles. The topological polar surface area (TPSA) is 82.0 Å². The molecule has 1 heterocycles. The first-order chi connectivity index (χ1) is 5.65. The molecule has 1 aromatic rings. The van der Waals surface area contributed by atoms with E-state index in [0.717, 1.165) is 12.1 Å². The number of aryl methyl sites for hydroxylation is 1. The van der Waals surface area contributed by atoms with Gasteiger partial charge in [-0.3, -0.25) is 4.79 Å². The Morgan fingerprint density at radius 3 is 2.67 bits per heavy atom. The molecule has 0 atom stereocenters. The van der Waals surface area contributed by atoms with Crippen molar-refractivity contribution in [3.63, 3.8) is 0 Å². The van der Waals surface area contributed by atoms with Crippen LogP contribution in [0.25, 0.3) is 0 Å². The van der Waals surface area contributed by atoms with Crippen molar-refractivity contribution in [2.24, 2.45) is 5.73 Å². The minimum absolute atomic E-state index is 0.210. The minimum atomic E-state index is -0.539. The van der Waals surface area contributed by atoms with Crippen LogP contribution in [0.4, 0.5) is 5.82 Å². The smallest absolute Gasteiger partial charge is 0.252 e. The fraction of sp³-hybridized carbons (Fsp3) is 0.250. The van der Waals surface area contributed by atoms with Crippen LogP contribution < -0.4 is 11.5 Å². The molecule has 12 heavy (non-hydrogen) atoms. The van der Waals surface area contributed by atoms with Gasteiger partial charge < -0.3 is 11.5 Å². The van der Waals surface area contributed by atoms with Gasteiger partial charge in [0.1, 0.15) is 5.82 Å². The van der Waals surface area contributed by atoms with Gasteiger partial charge in [-0.1, -0.05) is 6.92 Å². The lowest BCUT2D eigenvalue weighted by Crippen LogP contribution is -2.14. The Morgan fingerprint density at radius 2 is 2.25 bits per heavy atom. The van der Waals surface area contributed by atoms with E-state index in [1.165, 1.54) is 0 Å². The summed E-state index contributed by atoms with van der Waals surface area (Å²) in [5.41, 5.74) is 11.7. The second-order valence-corrected chi connectivity index (χ2v) is 2.45. The van der Waals surface area contributed by atoms with Crippen molar-refractivity contribution < 1.29 is 4.79 Å². The molecule has 0 aliphatic rings. The van der Waals surface area contributed by atoms with Gasteiger partial charge in [-0.05, 0) is 18.6 Å². The number of rotatable bonds is 2. The maximum Gasteiger partial charge on any atom is 0.252 e. The molecule has 4 N–H and O–H groups in total. The first kappa shape index (κ1) is 8.52. The molecule has 0 bridgehead atoms. The van der Waals surface area contributed by atoms with Crippen LogP contribution in [-0.2, 0) is 6.42 Å². The highest BCUT2D eigenvalue weighted by Gasteiger charge is 2.06. The minimum Gasteiger partial charge on any atom is -0.383 e. The van der Waals surface area contributed by atoms with Gasteiger partial charge in [0.2, 0.25) is 0 Å². The van der Waals surface area contributed by atoms with Crippen LogP contribution in [0.2, 0.25) is 0 Å². The van der Waals surface area contributed by atoms with E-state index in [1.54, 1.807) is 12.1 Å². The Hall–Kier alpha value is -1.58. The van der Waals surface area contributed by atoms with Gasteiger partial charge in [-0.25, -0.2) is 4.98 Å². The molecule has 1 rings (SSSR count). The second kappa shape index (κ2) is 3.21. The lowest BCUT2D eigenvalue weighted by atomic mass is 10.2. The number of carbonyl (C=O) groups is 1. The van der Waals surface area contributed by atoms with Crippen LogP contribution in [0.5, 0.6) is 0 Å². The average molecular weight is 165 g/mol. The number of hydrogen-bond acceptors (Lipinski definition) is 3. The standard InChI is InChI=1S/C8H11N3O/c1-2-5-3-4-6(8(10)12)7(9)11-5/h3-4H,2H2,1H3,(H2,9,11)(H2,10,12). The van der Waals surface area contributed by atoms with E-state index in [0.29, 0.717) is 0 Å². The summed E-state index contributed by atoms with van der Waals surface area (Å²) in [6.07, 6.45) is 0.795. The summed E-state index contributed by atoms with van der Waals surface area (Å²) in [5.74, 6) is -0.329. The fourth-order valence-electron chi connectivity index (χ4n) is 0.922. The van der Waals surface area contributed by atoms with Crippen LogP contribution >= 0.6 is 0 Å². The van der Waals surface area contributed by atoms with Gasteiger partial charge in [0.25, 0.3) is 5.91 Å². The Bertz CT molecular complexity index is 309. The molecule has 0 aliphatic carbocycles. The number of amides is 1. The molecule has 0 fully saturated rings. The number of nitrogen functional groups attached to an aromatic ring is 1. The zero-order valence-corrected chi connectivity index (χ0v) is 6.87. The largest absolute Gasteiger partial charge is 0.383 e. The van der Waals surface area contributed by atoms with Gasteiger partial charge in [-0.2, -0.15) is 0 Å². The molecule has 4 nitrogen and oxygen atoms in total. The Balaban J connectivity index is 3.12. The van der Waals surface area contributed by atoms with E-state index in [4.69, 9.17) is 11.5 Å². The van der Waals surface area contributed by atoms with Crippen molar-refractivity contribution in [3.05, 3.63) is 23.4 Å².